The van der Waals surface area contributed by atoms with E-state index in [0.717, 1.165) is 31.7 Å². The van der Waals surface area contributed by atoms with E-state index in [9.17, 15) is 14.0 Å². The second-order valence-electron chi connectivity index (χ2n) is 5.16. The van der Waals surface area contributed by atoms with Gasteiger partial charge in [-0.15, -0.1) is 0 Å². The van der Waals surface area contributed by atoms with Crippen LogP contribution in [-0.4, -0.2) is 24.4 Å². The molecule has 116 valence electrons. The van der Waals surface area contributed by atoms with Crippen LogP contribution < -0.4 is 10.6 Å². The van der Waals surface area contributed by atoms with E-state index in [-0.39, 0.29) is 24.1 Å². The molecule has 0 aromatic heterocycles. The van der Waals surface area contributed by atoms with Crippen LogP contribution in [0.2, 0.25) is 0 Å². The lowest BCUT2D eigenvalue weighted by Gasteiger charge is -2.14. The van der Waals surface area contributed by atoms with Crippen molar-refractivity contribution in [1.29, 1.82) is 0 Å². The van der Waals surface area contributed by atoms with Gasteiger partial charge in [0, 0.05) is 11.6 Å². The number of carbonyl (C=O) groups excluding carboxylic acids is 2. The molecule has 0 bridgehead atoms. The van der Waals surface area contributed by atoms with E-state index in [0.29, 0.717) is 0 Å². The molecule has 0 aliphatic rings. The molecule has 0 radical (unpaired) electrons. The van der Waals surface area contributed by atoms with E-state index in [4.69, 9.17) is 0 Å². The maximum atomic E-state index is 13.0. The quantitative estimate of drug-likeness (QED) is 0.724. The van der Waals surface area contributed by atoms with Gasteiger partial charge in [-0.3, -0.25) is 9.59 Å². The summed E-state index contributed by atoms with van der Waals surface area (Å²) in [5.74, 6) is -1.16. The highest BCUT2D eigenvalue weighted by Crippen LogP contribution is 2.04. The van der Waals surface area contributed by atoms with E-state index in [1.54, 1.807) is 0 Å². The molecular formula is C16H23FN2O2. The van der Waals surface area contributed by atoms with Gasteiger partial charge in [0.05, 0.1) is 6.54 Å². The smallest absolute Gasteiger partial charge is 0.251 e. The molecule has 1 aromatic carbocycles. The van der Waals surface area contributed by atoms with E-state index < -0.39 is 11.7 Å². The molecule has 2 N–H and O–H groups in total. The molecule has 0 saturated carbocycles. The maximum Gasteiger partial charge on any atom is 0.251 e. The molecule has 5 heteroatoms. The normalized spacial score (nSPS) is 11.8. The minimum Gasteiger partial charge on any atom is -0.352 e. The Balaban J connectivity index is 2.31. The molecular weight excluding hydrogens is 271 g/mol. The number of nitrogens with one attached hydrogen (secondary N) is 2. The first kappa shape index (κ1) is 17.1. The Morgan fingerprint density at radius 3 is 2.71 bits per heavy atom. The van der Waals surface area contributed by atoms with Gasteiger partial charge in [0.25, 0.3) is 5.91 Å². The summed E-state index contributed by atoms with van der Waals surface area (Å²) in [4.78, 5) is 23.4. The molecule has 1 atom stereocenters. The summed E-state index contributed by atoms with van der Waals surface area (Å²) in [6.07, 6.45) is 4.30. The third kappa shape index (κ3) is 6.88. The number of unbranched alkanes of at least 4 members (excludes halogenated alkanes) is 2. The van der Waals surface area contributed by atoms with Gasteiger partial charge in [0.15, 0.2) is 0 Å². The van der Waals surface area contributed by atoms with Crippen LogP contribution in [0.5, 0.6) is 0 Å². The minimum absolute atomic E-state index is 0.0927. The molecule has 0 spiro atoms. The highest BCUT2D eigenvalue weighted by atomic mass is 19.1. The molecule has 2 amide bonds. The number of amides is 2. The molecule has 0 heterocycles. The summed E-state index contributed by atoms with van der Waals surface area (Å²) < 4.78 is 13.0. The largest absolute Gasteiger partial charge is 0.352 e. The first-order valence-corrected chi connectivity index (χ1v) is 7.36. The van der Waals surface area contributed by atoms with Crippen molar-refractivity contribution in [2.75, 3.05) is 6.54 Å². The Bertz CT molecular complexity index is 477. The van der Waals surface area contributed by atoms with Crippen LogP contribution in [0, 0.1) is 5.82 Å². The van der Waals surface area contributed by atoms with Crippen LogP contribution in [-0.2, 0) is 4.79 Å². The van der Waals surface area contributed by atoms with Crippen LogP contribution >= 0.6 is 0 Å². The van der Waals surface area contributed by atoms with Crippen molar-refractivity contribution in [3.63, 3.8) is 0 Å². The Kier molecular flexibility index (Phi) is 7.43. The zero-order valence-corrected chi connectivity index (χ0v) is 12.6. The van der Waals surface area contributed by atoms with Gasteiger partial charge in [-0.25, -0.2) is 4.39 Å². The van der Waals surface area contributed by atoms with Gasteiger partial charge < -0.3 is 10.6 Å². The molecule has 1 rings (SSSR count). The summed E-state index contributed by atoms with van der Waals surface area (Å²) in [6, 6.07) is 5.46. The van der Waals surface area contributed by atoms with Crippen LogP contribution in [0.3, 0.4) is 0 Å². The second-order valence-corrected chi connectivity index (χ2v) is 5.16. The van der Waals surface area contributed by atoms with Crippen molar-refractivity contribution in [3.05, 3.63) is 35.6 Å². The lowest BCUT2D eigenvalue weighted by atomic mass is 10.1. The Labute approximate surface area is 125 Å². The Morgan fingerprint density at radius 1 is 1.29 bits per heavy atom. The first-order chi connectivity index (χ1) is 10.0. The SMILES string of the molecule is CCCCCC(C)NC(=O)CNC(=O)c1cccc(F)c1. The molecule has 4 nitrogen and oxygen atoms in total. The average molecular weight is 294 g/mol. The fourth-order valence-electron chi connectivity index (χ4n) is 1.99. The summed E-state index contributed by atoms with van der Waals surface area (Å²) in [5, 5.41) is 5.31. The summed E-state index contributed by atoms with van der Waals surface area (Å²) in [7, 11) is 0. The van der Waals surface area contributed by atoms with Gasteiger partial charge >= 0.3 is 0 Å². The van der Waals surface area contributed by atoms with Crippen molar-refractivity contribution < 1.29 is 14.0 Å². The zero-order chi connectivity index (χ0) is 15.7. The number of carbonyl (C=O) groups is 2. The number of rotatable bonds is 8. The summed E-state index contributed by atoms with van der Waals surface area (Å²) in [5.41, 5.74) is 0.207. The topological polar surface area (TPSA) is 58.2 Å². The monoisotopic (exact) mass is 294 g/mol. The highest BCUT2D eigenvalue weighted by Gasteiger charge is 2.10. The van der Waals surface area contributed by atoms with Crippen LogP contribution in [0.4, 0.5) is 4.39 Å². The van der Waals surface area contributed by atoms with Gasteiger partial charge in [0.1, 0.15) is 5.82 Å². The fourth-order valence-corrected chi connectivity index (χ4v) is 1.99. The summed E-state index contributed by atoms with van der Waals surface area (Å²) in [6.45, 7) is 3.97. The molecule has 21 heavy (non-hydrogen) atoms. The predicted octanol–water partition coefficient (Wildman–Crippen LogP) is 2.64. The van der Waals surface area contributed by atoms with Crippen molar-refractivity contribution in [2.24, 2.45) is 0 Å². The molecule has 0 aliphatic carbocycles. The second kappa shape index (κ2) is 9.10. The molecule has 0 saturated heterocycles. The number of hydrogen-bond acceptors (Lipinski definition) is 2. The van der Waals surface area contributed by atoms with Crippen molar-refractivity contribution in [1.82, 2.24) is 10.6 Å². The lowest BCUT2D eigenvalue weighted by Crippen LogP contribution is -2.40. The zero-order valence-electron chi connectivity index (χ0n) is 12.6. The van der Waals surface area contributed by atoms with Crippen LogP contribution in [0.15, 0.2) is 24.3 Å². The van der Waals surface area contributed by atoms with Crippen molar-refractivity contribution >= 4 is 11.8 Å². The average Bonchev–Trinajstić information content (AvgIpc) is 2.45. The van der Waals surface area contributed by atoms with E-state index in [1.165, 1.54) is 18.2 Å². The van der Waals surface area contributed by atoms with Gasteiger partial charge in [-0.2, -0.15) is 0 Å². The maximum absolute atomic E-state index is 13.0. The molecule has 1 unspecified atom stereocenters. The first-order valence-electron chi connectivity index (χ1n) is 7.36. The van der Waals surface area contributed by atoms with Gasteiger partial charge in [0.2, 0.25) is 5.91 Å². The third-order valence-electron chi connectivity index (χ3n) is 3.14. The predicted molar refractivity (Wildman–Crippen MR) is 80.5 cm³/mol. The minimum atomic E-state index is -0.475. The Morgan fingerprint density at radius 2 is 2.05 bits per heavy atom. The molecule has 0 aliphatic heterocycles. The number of halogens is 1. The number of benzene rings is 1. The van der Waals surface area contributed by atoms with Crippen molar-refractivity contribution in [2.45, 2.75) is 45.6 Å². The van der Waals surface area contributed by atoms with Gasteiger partial charge in [-0.05, 0) is 31.5 Å². The van der Waals surface area contributed by atoms with Crippen molar-refractivity contribution in [3.8, 4) is 0 Å². The van der Waals surface area contributed by atoms with Crippen LogP contribution in [0.25, 0.3) is 0 Å². The molecule has 0 fully saturated rings. The highest BCUT2D eigenvalue weighted by molar-refractivity contribution is 5.96. The molecule has 1 aromatic rings. The Hall–Kier alpha value is -1.91. The summed E-state index contributed by atoms with van der Waals surface area (Å²) >= 11 is 0. The third-order valence-corrected chi connectivity index (χ3v) is 3.14. The van der Waals surface area contributed by atoms with E-state index >= 15 is 0 Å². The van der Waals surface area contributed by atoms with Gasteiger partial charge in [-0.1, -0.05) is 32.3 Å². The fraction of sp³-hybridized carbons (Fsp3) is 0.500. The van der Waals surface area contributed by atoms with Crippen LogP contribution in [0.1, 0.15) is 49.9 Å². The lowest BCUT2D eigenvalue weighted by molar-refractivity contribution is -0.120. The number of hydrogen-bond donors (Lipinski definition) is 2. The van der Waals surface area contributed by atoms with E-state index in [1.807, 2.05) is 6.92 Å². The van der Waals surface area contributed by atoms with E-state index in [2.05, 4.69) is 17.6 Å². The standard InChI is InChI=1S/C16H23FN2O2/c1-3-4-5-7-12(2)19-15(20)11-18-16(21)13-8-6-9-14(17)10-13/h6,8-10,12H,3-5,7,11H2,1-2H3,(H,18,21)(H,19,20).